The van der Waals surface area contributed by atoms with Gasteiger partial charge in [-0.15, -0.1) is 0 Å². The van der Waals surface area contributed by atoms with Crippen LogP contribution in [0.15, 0.2) is 40.8 Å². The fourth-order valence-electron chi connectivity index (χ4n) is 1.66. The Bertz CT molecular complexity index is 609. The van der Waals surface area contributed by atoms with E-state index in [1.54, 1.807) is 38.3 Å². The van der Waals surface area contributed by atoms with E-state index in [0.717, 1.165) is 0 Å². The lowest BCUT2D eigenvalue weighted by Gasteiger charge is -2.01. The molecule has 0 aliphatic carbocycles. The molecular weight excluding hydrogens is 260 g/mol. The Morgan fingerprint density at radius 3 is 2.30 bits per heavy atom. The molecule has 0 aliphatic heterocycles. The van der Waals surface area contributed by atoms with Gasteiger partial charge in [0.15, 0.2) is 5.76 Å². The lowest BCUT2D eigenvalue weighted by atomic mass is 10.1. The predicted octanol–water partition coefficient (Wildman–Crippen LogP) is 2.70. The number of methoxy groups -OCH3 is 1. The summed E-state index contributed by atoms with van der Waals surface area (Å²) < 4.78 is 15.0. The van der Waals surface area contributed by atoms with Gasteiger partial charge in [-0.2, -0.15) is 0 Å². The number of hydrogen-bond donors (Lipinski definition) is 0. The van der Waals surface area contributed by atoms with Gasteiger partial charge in [0.2, 0.25) is 11.5 Å². The van der Waals surface area contributed by atoms with Crippen molar-refractivity contribution in [2.24, 2.45) is 0 Å². The van der Waals surface area contributed by atoms with E-state index in [1.807, 2.05) is 0 Å². The minimum atomic E-state index is -0.582. The van der Waals surface area contributed by atoms with Crippen molar-refractivity contribution in [3.63, 3.8) is 0 Å². The van der Waals surface area contributed by atoms with Crippen molar-refractivity contribution >= 4 is 11.8 Å². The van der Waals surface area contributed by atoms with Crippen LogP contribution in [0.5, 0.6) is 5.75 Å². The Labute approximate surface area is 116 Å². The highest BCUT2D eigenvalue weighted by molar-refractivity contribution is 6.07. The van der Waals surface area contributed by atoms with Crippen molar-refractivity contribution in [1.29, 1.82) is 0 Å². The monoisotopic (exact) mass is 274 g/mol. The van der Waals surface area contributed by atoms with Gasteiger partial charge >= 0.3 is 5.97 Å². The Morgan fingerprint density at radius 2 is 1.70 bits per heavy atom. The molecule has 0 saturated carbocycles. The van der Waals surface area contributed by atoms with Crippen molar-refractivity contribution in [3.8, 4) is 5.75 Å². The van der Waals surface area contributed by atoms with Gasteiger partial charge in [-0.3, -0.25) is 4.79 Å². The van der Waals surface area contributed by atoms with E-state index < -0.39 is 5.97 Å². The molecule has 2 rings (SSSR count). The molecule has 5 nitrogen and oxygen atoms in total. The van der Waals surface area contributed by atoms with Gasteiger partial charge in [-0.25, -0.2) is 4.79 Å². The zero-order valence-electron chi connectivity index (χ0n) is 11.2. The van der Waals surface area contributed by atoms with Crippen LogP contribution >= 0.6 is 0 Å². The second-order valence-corrected chi connectivity index (χ2v) is 3.94. The Kier molecular flexibility index (Phi) is 4.20. The number of esters is 1. The molecule has 0 N–H and O–H groups in total. The van der Waals surface area contributed by atoms with Gasteiger partial charge in [-0.1, -0.05) is 0 Å². The fourth-order valence-corrected chi connectivity index (χ4v) is 1.66. The first-order valence-corrected chi connectivity index (χ1v) is 6.11. The van der Waals surface area contributed by atoms with E-state index in [-0.39, 0.29) is 23.9 Å². The minimum absolute atomic E-state index is 0.0173. The highest BCUT2D eigenvalue weighted by Gasteiger charge is 2.17. The number of furan rings is 1. The third kappa shape index (κ3) is 2.88. The molecule has 5 heteroatoms. The summed E-state index contributed by atoms with van der Waals surface area (Å²) >= 11 is 0. The van der Waals surface area contributed by atoms with Crippen molar-refractivity contribution < 1.29 is 23.5 Å². The largest absolute Gasteiger partial charge is 0.497 e. The lowest BCUT2D eigenvalue weighted by molar-refractivity contribution is 0.0488. The molecule has 1 aromatic carbocycles. The van der Waals surface area contributed by atoms with Crippen LogP contribution in [0.3, 0.4) is 0 Å². The van der Waals surface area contributed by atoms with Gasteiger partial charge in [0.05, 0.1) is 13.7 Å². The van der Waals surface area contributed by atoms with E-state index in [4.69, 9.17) is 13.9 Å². The first-order valence-electron chi connectivity index (χ1n) is 6.11. The van der Waals surface area contributed by atoms with Crippen LogP contribution in [-0.2, 0) is 4.74 Å². The van der Waals surface area contributed by atoms with Crippen LogP contribution in [0.25, 0.3) is 0 Å². The lowest BCUT2D eigenvalue weighted by Crippen LogP contribution is -2.03. The maximum absolute atomic E-state index is 12.2. The zero-order chi connectivity index (χ0) is 14.5. The number of ether oxygens (including phenoxy) is 2. The number of benzene rings is 1. The Hall–Kier alpha value is -2.56. The number of rotatable bonds is 5. The highest BCUT2D eigenvalue weighted by atomic mass is 16.5. The molecule has 0 saturated heterocycles. The van der Waals surface area contributed by atoms with Gasteiger partial charge in [0.25, 0.3) is 0 Å². The van der Waals surface area contributed by atoms with Crippen LogP contribution in [-0.4, -0.2) is 25.5 Å². The average Bonchev–Trinajstić information content (AvgIpc) is 2.97. The van der Waals surface area contributed by atoms with Gasteiger partial charge < -0.3 is 13.9 Å². The van der Waals surface area contributed by atoms with Crippen LogP contribution in [0, 0.1) is 0 Å². The molecule has 20 heavy (non-hydrogen) atoms. The van der Waals surface area contributed by atoms with Crippen LogP contribution in [0.2, 0.25) is 0 Å². The minimum Gasteiger partial charge on any atom is -0.497 e. The van der Waals surface area contributed by atoms with Crippen molar-refractivity contribution in [2.45, 2.75) is 6.92 Å². The van der Waals surface area contributed by atoms with Crippen molar-refractivity contribution in [1.82, 2.24) is 0 Å². The summed E-state index contributed by atoms with van der Waals surface area (Å²) in [5.74, 6) is -0.111. The number of ketones is 1. The molecule has 0 fully saturated rings. The normalized spacial score (nSPS) is 10.1. The molecule has 104 valence electrons. The molecule has 0 bridgehead atoms. The van der Waals surface area contributed by atoms with Crippen molar-refractivity contribution in [2.75, 3.05) is 13.7 Å². The first kappa shape index (κ1) is 13.9. The standard InChI is InChI=1S/C15H14O5/c1-3-19-15(17)13-9-8-12(20-13)14(16)10-4-6-11(18-2)7-5-10/h4-9H,3H2,1-2H3. The first-order chi connectivity index (χ1) is 9.65. The van der Waals surface area contributed by atoms with Crippen molar-refractivity contribution in [3.05, 3.63) is 53.5 Å². The Balaban J connectivity index is 2.18. The Morgan fingerprint density at radius 1 is 1.05 bits per heavy atom. The van der Waals surface area contributed by atoms with E-state index >= 15 is 0 Å². The van der Waals surface area contributed by atoms with Crippen LogP contribution in [0.1, 0.15) is 33.6 Å². The summed E-state index contributed by atoms with van der Waals surface area (Å²) in [5, 5.41) is 0. The molecule has 0 aliphatic rings. The zero-order valence-corrected chi connectivity index (χ0v) is 11.2. The summed E-state index contributed by atoms with van der Waals surface area (Å²) in [6, 6.07) is 9.51. The fraction of sp³-hybridized carbons (Fsp3) is 0.200. The molecular formula is C15H14O5. The highest BCUT2D eigenvalue weighted by Crippen LogP contribution is 2.17. The molecule has 0 radical (unpaired) electrons. The average molecular weight is 274 g/mol. The summed E-state index contributed by atoms with van der Waals surface area (Å²) in [6.45, 7) is 1.95. The molecule has 0 spiro atoms. The van der Waals surface area contributed by atoms with E-state index in [2.05, 4.69) is 0 Å². The second-order valence-electron chi connectivity index (χ2n) is 3.94. The van der Waals surface area contributed by atoms with Gasteiger partial charge in [-0.05, 0) is 43.3 Å². The maximum Gasteiger partial charge on any atom is 0.374 e. The second kappa shape index (κ2) is 6.06. The number of hydrogen-bond acceptors (Lipinski definition) is 5. The third-order valence-corrected chi connectivity index (χ3v) is 2.66. The molecule has 1 heterocycles. The van der Waals surface area contributed by atoms with E-state index in [1.165, 1.54) is 12.1 Å². The molecule has 1 aromatic heterocycles. The summed E-state index contributed by atoms with van der Waals surface area (Å²) in [5.41, 5.74) is 0.454. The number of carbonyl (C=O) groups is 2. The van der Waals surface area contributed by atoms with E-state index in [9.17, 15) is 9.59 Å². The smallest absolute Gasteiger partial charge is 0.374 e. The topological polar surface area (TPSA) is 65.7 Å². The van der Waals surface area contributed by atoms with Crippen LogP contribution in [0.4, 0.5) is 0 Å². The molecule has 0 amide bonds. The summed E-state index contributed by atoms with van der Waals surface area (Å²) in [6.07, 6.45) is 0. The van der Waals surface area contributed by atoms with Crippen LogP contribution < -0.4 is 4.74 Å². The number of carbonyl (C=O) groups excluding carboxylic acids is 2. The molecule has 0 atom stereocenters. The molecule has 2 aromatic rings. The van der Waals surface area contributed by atoms with Gasteiger partial charge in [0, 0.05) is 5.56 Å². The summed E-state index contributed by atoms with van der Waals surface area (Å²) in [4.78, 5) is 23.6. The van der Waals surface area contributed by atoms with Gasteiger partial charge in [0.1, 0.15) is 5.75 Å². The predicted molar refractivity (Wildman–Crippen MR) is 71.1 cm³/mol. The quantitative estimate of drug-likeness (QED) is 0.619. The third-order valence-electron chi connectivity index (χ3n) is 2.66. The SMILES string of the molecule is CCOC(=O)c1ccc(C(=O)c2ccc(OC)cc2)o1. The van der Waals surface area contributed by atoms with E-state index in [0.29, 0.717) is 11.3 Å². The summed E-state index contributed by atoms with van der Waals surface area (Å²) in [7, 11) is 1.55. The molecule has 0 unspecified atom stereocenters. The maximum atomic E-state index is 12.2.